The van der Waals surface area contributed by atoms with Crippen LogP contribution in [0.3, 0.4) is 0 Å². The first-order valence-corrected chi connectivity index (χ1v) is 7.57. The predicted molar refractivity (Wildman–Crippen MR) is 90.0 cm³/mol. The molecule has 8 nitrogen and oxygen atoms in total. The first-order chi connectivity index (χ1) is 11.4. The molecule has 124 valence electrons. The summed E-state index contributed by atoms with van der Waals surface area (Å²) >= 11 is 5.38. The zero-order chi connectivity index (χ0) is 17.6. The molecular weight excluding hydrogens is 332 g/mol. The number of esters is 1. The number of aryl methyl sites for hydroxylation is 1. The molecule has 0 aliphatic rings. The van der Waals surface area contributed by atoms with Crippen molar-refractivity contribution in [3.63, 3.8) is 0 Å². The Morgan fingerprint density at radius 3 is 2.67 bits per heavy atom. The van der Waals surface area contributed by atoms with E-state index in [0.717, 1.165) is 4.57 Å². The molecule has 0 bridgehead atoms. The first-order valence-electron chi connectivity index (χ1n) is 7.16. The van der Waals surface area contributed by atoms with Gasteiger partial charge in [-0.25, -0.2) is 14.6 Å². The topological polar surface area (TPSA) is 87.6 Å². The minimum absolute atomic E-state index is 0.175. The fourth-order valence-corrected chi connectivity index (χ4v) is 2.80. The minimum Gasteiger partial charge on any atom is -0.462 e. The third-order valence-electron chi connectivity index (χ3n) is 3.73. The molecule has 0 N–H and O–H groups in total. The number of pyridine rings is 1. The highest BCUT2D eigenvalue weighted by molar-refractivity contribution is 7.71. The van der Waals surface area contributed by atoms with E-state index in [2.05, 4.69) is 4.98 Å². The summed E-state index contributed by atoms with van der Waals surface area (Å²) in [6, 6.07) is 3.05. The van der Waals surface area contributed by atoms with E-state index in [4.69, 9.17) is 17.0 Å². The van der Waals surface area contributed by atoms with Crippen molar-refractivity contribution in [2.45, 2.75) is 6.92 Å². The second-order valence-corrected chi connectivity index (χ2v) is 5.57. The van der Waals surface area contributed by atoms with E-state index in [1.807, 2.05) is 0 Å². The monoisotopic (exact) mass is 346 g/mol. The van der Waals surface area contributed by atoms with Crippen LogP contribution < -0.4 is 11.2 Å². The second-order valence-electron chi connectivity index (χ2n) is 5.19. The van der Waals surface area contributed by atoms with Crippen LogP contribution in [-0.2, 0) is 18.8 Å². The maximum Gasteiger partial charge on any atom is 0.338 e. The summed E-state index contributed by atoms with van der Waals surface area (Å²) in [7, 11) is 2.90. The molecule has 0 fully saturated rings. The third kappa shape index (κ3) is 2.24. The Labute approximate surface area is 140 Å². The lowest BCUT2D eigenvalue weighted by Gasteiger charge is -2.10. The van der Waals surface area contributed by atoms with Crippen LogP contribution >= 0.6 is 12.2 Å². The van der Waals surface area contributed by atoms with Crippen LogP contribution in [0.25, 0.3) is 16.7 Å². The van der Waals surface area contributed by atoms with Crippen LogP contribution in [0.15, 0.2) is 27.9 Å². The number of carbonyl (C=O) groups excluding carboxylic acids is 1. The average Bonchev–Trinajstić information content (AvgIpc) is 2.57. The normalized spacial score (nSPS) is 11.1. The molecule has 0 unspecified atom stereocenters. The van der Waals surface area contributed by atoms with Gasteiger partial charge in [-0.2, -0.15) is 0 Å². The number of rotatable bonds is 2. The van der Waals surface area contributed by atoms with E-state index in [-0.39, 0.29) is 22.3 Å². The Hall–Kier alpha value is -2.81. The van der Waals surface area contributed by atoms with Crippen LogP contribution in [0.2, 0.25) is 0 Å². The highest BCUT2D eigenvalue weighted by Crippen LogP contribution is 2.13. The fraction of sp³-hybridized carbons (Fsp3) is 0.267. The smallest absolute Gasteiger partial charge is 0.338 e. The van der Waals surface area contributed by atoms with E-state index in [1.54, 1.807) is 19.2 Å². The van der Waals surface area contributed by atoms with Crippen molar-refractivity contribution < 1.29 is 9.53 Å². The molecule has 3 heterocycles. The molecule has 9 heteroatoms. The van der Waals surface area contributed by atoms with Gasteiger partial charge in [-0.15, -0.1) is 0 Å². The van der Waals surface area contributed by atoms with E-state index in [1.165, 1.54) is 29.1 Å². The van der Waals surface area contributed by atoms with Gasteiger partial charge in [-0.1, -0.05) is 12.2 Å². The molecule has 0 saturated carbocycles. The van der Waals surface area contributed by atoms with E-state index in [9.17, 15) is 14.4 Å². The lowest BCUT2D eigenvalue weighted by Crippen LogP contribution is -2.37. The van der Waals surface area contributed by atoms with Crippen molar-refractivity contribution in [2.24, 2.45) is 14.1 Å². The summed E-state index contributed by atoms with van der Waals surface area (Å²) in [5.41, 5.74) is -0.169. The Morgan fingerprint density at radius 2 is 2.00 bits per heavy atom. The van der Waals surface area contributed by atoms with Crippen molar-refractivity contribution in [2.75, 3.05) is 6.61 Å². The SMILES string of the molecule is CCOC(=O)c1ccn2c(=S)c3c(=O)n(C)c(=O)n(C)c3nc2c1. The standard InChI is InChI=1S/C15H14N4O4S/c1-4-23-14(21)8-5-6-19-9(7-8)16-11-10(13(19)24)12(20)18(3)15(22)17(11)2/h5-7H,4H2,1-3H3. The molecule has 3 aromatic rings. The number of fused-ring (bicyclic) bond motifs is 2. The van der Waals surface area contributed by atoms with Crippen LogP contribution in [-0.4, -0.2) is 31.1 Å². The van der Waals surface area contributed by atoms with Crippen LogP contribution in [0.1, 0.15) is 17.3 Å². The van der Waals surface area contributed by atoms with Gasteiger partial charge in [0, 0.05) is 20.3 Å². The highest BCUT2D eigenvalue weighted by atomic mass is 32.1. The molecule has 24 heavy (non-hydrogen) atoms. The molecule has 3 rings (SSSR count). The van der Waals surface area contributed by atoms with E-state index < -0.39 is 17.2 Å². The summed E-state index contributed by atoms with van der Waals surface area (Å²) < 4.78 is 8.94. The summed E-state index contributed by atoms with van der Waals surface area (Å²) in [4.78, 5) is 40.7. The van der Waals surface area contributed by atoms with Gasteiger partial charge in [0.15, 0.2) is 5.65 Å². The third-order valence-corrected chi connectivity index (χ3v) is 4.13. The Balaban J connectivity index is 2.46. The summed E-state index contributed by atoms with van der Waals surface area (Å²) in [6.07, 6.45) is 1.56. The van der Waals surface area contributed by atoms with Gasteiger partial charge in [0.2, 0.25) is 0 Å². The Morgan fingerprint density at radius 1 is 1.29 bits per heavy atom. The Kier molecular flexibility index (Phi) is 3.80. The van der Waals surface area contributed by atoms with Crippen molar-refractivity contribution in [3.8, 4) is 0 Å². The quantitative estimate of drug-likeness (QED) is 0.387. The van der Waals surface area contributed by atoms with Gasteiger partial charge in [0.25, 0.3) is 5.56 Å². The molecule has 0 aliphatic heterocycles. The van der Waals surface area contributed by atoms with Crippen LogP contribution in [0.5, 0.6) is 0 Å². The number of aromatic nitrogens is 4. The van der Waals surface area contributed by atoms with E-state index in [0.29, 0.717) is 11.2 Å². The lowest BCUT2D eigenvalue weighted by molar-refractivity contribution is 0.0526. The van der Waals surface area contributed by atoms with Crippen LogP contribution in [0, 0.1) is 4.64 Å². The maximum atomic E-state index is 12.4. The molecule has 0 aromatic carbocycles. The number of ether oxygens (including phenoxy) is 1. The molecular formula is C15H14N4O4S. The lowest BCUT2D eigenvalue weighted by atomic mass is 10.2. The number of carbonyl (C=O) groups is 1. The van der Waals surface area contributed by atoms with Crippen LogP contribution in [0.4, 0.5) is 0 Å². The first kappa shape index (κ1) is 16.1. The molecule has 0 spiro atoms. The van der Waals surface area contributed by atoms with E-state index >= 15 is 0 Å². The predicted octanol–water partition coefficient (Wildman–Crippen LogP) is 0.791. The van der Waals surface area contributed by atoms with Crippen molar-refractivity contribution >= 4 is 34.9 Å². The van der Waals surface area contributed by atoms with Gasteiger partial charge < -0.3 is 4.74 Å². The molecule has 0 atom stereocenters. The van der Waals surface area contributed by atoms with Crippen molar-refractivity contribution in [1.82, 2.24) is 18.5 Å². The number of hydrogen-bond acceptors (Lipinski definition) is 6. The van der Waals surface area contributed by atoms with Gasteiger partial charge in [-0.3, -0.25) is 18.3 Å². The largest absolute Gasteiger partial charge is 0.462 e. The molecule has 3 aromatic heterocycles. The molecule has 0 amide bonds. The van der Waals surface area contributed by atoms with Gasteiger partial charge in [0.05, 0.1) is 12.2 Å². The molecule has 0 aliphatic carbocycles. The van der Waals surface area contributed by atoms with Crippen molar-refractivity contribution in [1.29, 1.82) is 0 Å². The summed E-state index contributed by atoms with van der Waals surface area (Å²) in [5, 5.41) is 0.177. The minimum atomic E-state index is -0.505. The molecule has 0 saturated heterocycles. The second kappa shape index (κ2) is 5.68. The van der Waals surface area contributed by atoms with Gasteiger partial charge in [-0.05, 0) is 19.1 Å². The maximum absolute atomic E-state index is 12.4. The van der Waals surface area contributed by atoms with Gasteiger partial charge >= 0.3 is 11.7 Å². The summed E-state index contributed by atoms with van der Waals surface area (Å²) in [5.74, 6) is -0.481. The molecule has 0 radical (unpaired) electrons. The average molecular weight is 346 g/mol. The zero-order valence-corrected chi connectivity index (χ0v) is 14.1. The number of nitrogens with zero attached hydrogens (tertiary/aromatic N) is 4. The Bertz CT molecular complexity index is 1170. The number of hydrogen-bond donors (Lipinski definition) is 0. The fourth-order valence-electron chi connectivity index (χ4n) is 2.47. The zero-order valence-electron chi connectivity index (χ0n) is 13.3. The van der Waals surface area contributed by atoms with Gasteiger partial charge in [0.1, 0.15) is 15.7 Å². The highest BCUT2D eigenvalue weighted by Gasteiger charge is 2.15. The summed E-state index contributed by atoms with van der Waals surface area (Å²) in [6.45, 7) is 1.97. The van der Waals surface area contributed by atoms with Crippen molar-refractivity contribution in [3.05, 3.63) is 49.4 Å².